The molecule has 0 aromatic heterocycles. The summed E-state index contributed by atoms with van der Waals surface area (Å²) in [5, 5.41) is 12.1. The molecule has 1 spiro atoms. The maximum Gasteiger partial charge on any atom is 0.335 e. The Labute approximate surface area is 167 Å². The van der Waals surface area contributed by atoms with Gasteiger partial charge in [-0.05, 0) is 61.1 Å². The number of carboxylic acids is 1. The summed E-state index contributed by atoms with van der Waals surface area (Å²) < 4.78 is 6.27. The number of rotatable bonds is 6. The fourth-order valence-electron chi connectivity index (χ4n) is 5.14. The number of benzene rings is 1. The minimum Gasteiger partial charge on any atom is -0.478 e. The van der Waals surface area contributed by atoms with E-state index in [1.165, 1.54) is 12.1 Å². The third-order valence-electron chi connectivity index (χ3n) is 7.55. The topological polar surface area (TPSA) is 78.9 Å². The SMILES string of the molecule is CCC(C)(C)C1CCC2(OC2(CC)C(=O)Nc2cccc(C(=O)O)c2)C(C)C1. The van der Waals surface area contributed by atoms with E-state index in [0.717, 1.165) is 25.7 Å². The second kappa shape index (κ2) is 7.18. The Hall–Kier alpha value is -1.88. The van der Waals surface area contributed by atoms with Crippen LogP contribution in [0.5, 0.6) is 0 Å². The standard InChI is InChI=1S/C23H33NO4/c1-6-21(4,5)17-11-12-23(15(3)13-17)22(7-2,28-23)20(27)24-18-10-8-9-16(14-18)19(25)26/h8-10,14-15,17H,6-7,11-13H2,1-5H3,(H,24,27)(H,25,26). The lowest BCUT2D eigenvalue weighted by molar-refractivity contribution is -0.121. The summed E-state index contributed by atoms with van der Waals surface area (Å²) in [7, 11) is 0. The molecule has 2 N–H and O–H groups in total. The van der Waals surface area contributed by atoms with Crippen molar-refractivity contribution in [1.82, 2.24) is 0 Å². The van der Waals surface area contributed by atoms with E-state index in [1.807, 2.05) is 6.92 Å². The average molecular weight is 388 g/mol. The van der Waals surface area contributed by atoms with E-state index in [4.69, 9.17) is 9.84 Å². The highest BCUT2D eigenvalue weighted by atomic mass is 16.6. The highest BCUT2D eigenvalue weighted by Crippen LogP contribution is 2.63. The predicted octanol–water partition coefficient (Wildman–Crippen LogP) is 5.11. The van der Waals surface area contributed by atoms with Crippen molar-refractivity contribution in [1.29, 1.82) is 0 Å². The van der Waals surface area contributed by atoms with Gasteiger partial charge in [0.1, 0.15) is 5.60 Å². The van der Waals surface area contributed by atoms with E-state index in [0.29, 0.717) is 29.4 Å². The summed E-state index contributed by atoms with van der Waals surface area (Å²) in [6.07, 6.45) is 4.82. The normalized spacial score (nSPS) is 32.2. The van der Waals surface area contributed by atoms with Gasteiger partial charge in [-0.15, -0.1) is 0 Å². The number of hydrogen-bond donors (Lipinski definition) is 2. The van der Waals surface area contributed by atoms with Gasteiger partial charge in [0.2, 0.25) is 0 Å². The summed E-state index contributed by atoms with van der Waals surface area (Å²) >= 11 is 0. The van der Waals surface area contributed by atoms with Crippen LogP contribution < -0.4 is 5.32 Å². The van der Waals surface area contributed by atoms with E-state index in [9.17, 15) is 9.59 Å². The van der Waals surface area contributed by atoms with Crippen molar-refractivity contribution in [3.8, 4) is 0 Å². The zero-order valence-corrected chi connectivity index (χ0v) is 17.7. The summed E-state index contributed by atoms with van der Waals surface area (Å²) in [6.45, 7) is 11.1. The van der Waals surface area contributed by atoms with Crippen LogP contribution in [0.15, 0.2) is 24.3 Å². The Morgan fingerprint density at radius 1 is 1.32 bits per heavy atom. The quantitative estimate of drug-likeness (QED) is 0.665. The zero-order valence-electron chi connectivity index (χ0n) is 17.7. The van der Waals surface area contributed by atoms with Crippen LogP contribution >= 0.6 is 0 Å². The Bertz CT molecular complexity index is 774. The van der Waals surface area contributed by atoms with Gasteiger partial charge in [0.05, 0.1) is 5.56 Å². The van der Waals surface area contributed by atoms with Gasteiger partial charge in [-0.25, -0.2) is 4.79 Å². The first-order chi connectivity index (χ1) is 13.1. The Morgan fingerprint density at radius 2 is 2.04 bits per heavy atom. The molecule has 0 bridgehead atoms. The van der Waals surface area contributed by atoms with Crippen LogP contribution in [0.1, 0.15) is 77.1 Å². The molecule has 1 saturated heterocycles. The smallest absolute Gasteiger partial charge is 0.335 e. The van der Waals surface area contributed by atoms with Gasteiger partial charge in [0, 0.05) is 5.69 Å². The van der Waals surface area contributed by atoms with Crippen LogP contribution in [0.2, 0.25) is 0 Å². The number of amides is 1. The second-order valence-corrected chi connectivity index (χ2v) is 9.23. The summed E-state index contributed by atoms with van der Waals surface area (Å²) in [5.41, 5.74) is -0.245. The highest BCUT2D eigenvalue weighted by Gasteiger charge is 2.75. The first-order valence-corrected chi connectivity index (χ1v) is 10.5. The van der Waals surface area contributed by atoms with Crippen molar-refractivity contribution >= 4 is 17.6 Å². The molecule has 2 aliphatic rings. The van der Waals surface area contributed by atoms with E-state index in [-0.39, 0.29) is 11.5 Å². The molecule has 1 aliphatic heterocycles. The van der Waals surface area contributed by atoms with Crippen LogP contribution in [-0.2, 0) is 9.53 Å². The molecule has 1 saturated carbocycles. The fraction of sp³-hybridized carbons (Fsp3) is 0.652. The van der Waals surface area contributed by atoms with Crippen molar-refractivity contribution in [3.05, 3.63) is 29.8 Å². The second-order valence-electron chi connectivity index (χ2n) is 9.23. The third kappa shape index (κ3) is 3.24. The van der Waals surface area contributed by atoms with Crippen LogP contribution in [-0.4, -0.2) is 28.2 Å². The molecular formula is C23H33NO4. The number of nitrogens with one attached hydrogen (secondary N) is 1. The molecule has 1 aromatic carbocycles. The Kier molecular flexibility index (Phi) is 5.34. The number of carboxylic acid groups (broad SMARTS) is 1. The minimum atomic E-state index is -1.01. The highest BCUT2D eigenvalue weighted by molar-refractivity contribution is 6.01. The molecule has 1 aromatic rings. The first-order valence-electron chi connectivity index (χ1n) is 10.5. The summed E-state index contributed by atoms with van der Waals surface area (Å²) in [5.74, 6) is -0.205. The van der Waals surface area contributed by atoms with E-state index < -0.39 is 17.2 Å². The van der Waals surface area contributed by atoms with Crippen molar-refractivity contribution in [2.45, 2.75) is 77.9 Å². The number of ether oxygens (including phenoxy) is 1. The average Bonchev–Trinajstić information content (AvgIpc) is 3.34. The van der Waals surface area contributed by atoms with E-state index in [1.54, 1.807) is 12.1 Å². The molecule has 5 heteroatoms. The molecular weight excluding hydrogens is 354 g/mol. The molecule has 154 valence electrons. The lowest BCUT2D eigenvalue weighted by Crippen LogP contribution is -2.45. The minimum absolute atomic E-state index is 0.155. The van der Waals surface area contributed by atoms with Gasteiger partial charge < -0.3 is 15.2 Å². The molecule has 4 atom stereocenters. The van der Waals surface area contributed by atoms with Gasteiger partial charge >= 0.3 is 5.97 Å². The lowest BCUT2D eigenvalue weighted by Gasteiger charge is -2.42. The number of carbonyl (C=O) groups excluding carboxylic acids is 1. The molecule has 2 fully saturated rings. The molecule has 0 radical (unpaired) electrons. The third-order valence-corrected chi connectivity index (χ3v) is 7.55. The van der Waals surface area contributed by atoms with Crippen LogP contribution in [0, 0.1) is 17.3 Å². The maximum atomic E-state index is 13.2. The van der Waals surface area contributed by atoms with Gasteiger partial charge in [0.25, 0.3) is 5.91 Å². The van der Waals surface area contributed by atoms with Crippen LogP contribution in [0.25, 0.3) is 0 Å². The van der Waals surface area contributed by atoms with Crippen LogP contribution in [0.4, 0.5) is 5.69 Å². The number of carbonyl (C=O) groups is 2. The number of aromatic carboxylic acids is 1. The number of anilines is 1. The number of hydrogen-bond acceptors (Lipinski definition) is 3. The van der Waals surface area contributed by atoms with Gasteiger partial charge in [-0.3, -0.25) is 4.79 Å². The van der Waals surface area contributed by atoms with E-state index >= 15 is 0 Å². The summed E-state index contributed by atoms with van der Waals surface area (Å²) in [6, 6.07) is 6.36. The molecule has 5 nitrogen and oxygen atoms in total. The largest absolute Gasteiger partial charge is 0.478 e. The molecule has 1 aliphatic carbocycles. The monoisotopic (exact) mass is 387 g/mol. The van der Waals surface area contributed by atoms with Gasteiger partial charge in [0.15, 0.2) is 5.60 Å². The fourth-order valence-corrected chi connectivity index (χ4v) is 5.14. The first kappa shape index (κ1) is 20.8. The summed E-state index contributed by atoms with van der Waals surface area (Å²) in [4.78, 5) is 24.4. The lowest BCUT2D eigenvalue weighted by atomic mass is 9.61. The Morgan fingerprint density at radius 3 is 2.61 bits per heavy atom. The van der Waals surface area contributed by atoms with Crippen molar-refractivity contribution < 1.29 is 19.4 Å². The zero-order chi connectivity index (χ0) is 20.7. The molecule has 1 amide bonds. The number of epoxide rings is 1. The molecule has 28 heavy (non-hydrogen) atoms. The van der Waals surface area contributed by atoms with Gasteiger partial charge in [-0.2, -0.15) is 0 Å². The van der Waals surface area contributed by atoms with Gasteiger partial charge in [-0.1, -0.05) is 47.1 Å². The Balaban J connectivity index is 1.76. The van der Waals surface area contributed by atoms with Crippen LogP contribution in [0.3, 0.4) is 0 Å². The maximum absolute atomic E-state index is 13.2. The van der Waals surface area contributed by atoms with E-state index in [2.05, 4.69) is 33.0 Å². The molecule has 1 heterocycles. The molecule has 4 unspecified atom stereocenters. The predicted molar refractivity (Wildman–Crippen MR) is 109 cm³/mol. The van der Waals surface area contributed by atoms with Crippen molar-refractivity contribution in [3.63, 3.8) is 0 Å². The van der Waals surface area contributed by atoms with Crippen molar-refractivity contribution in [2.24, 2.45) is 17.3 Å². The van der Waals surface area contributed by atoms with Crippen molar-refractivity contribution in [2.75, 3.05) is 5.32 Å². The molecule has 3 rings (SSSR count).